The summed E-state index contributed by atoms with van der Waals surface area (Å²) in [4.78, 5) is 33.6. The molecule has 4 aromatic rings. The van der Waals surface area contributed by atoms with Gasteiger partial charge in [0.05, 0.1) is 12.1 Å². The number of nitrogens with zero attached hydrogens (tertiary/aromatic N) is 3. The van der Waals surface area contributed by atoms with Crippen LogP contribution < -0.4 is 0 Å². The normalized spacial score (nSPS) is 25.1. The van der Waals surface area contributed by atoms with E-state index >= 15 is 0 Å². The summed E-state index contributed by atoms with van der Waals surface area (Å²) >= 11 is 0. The minimum absolute atomic E-state index is 0.117. The molecular formula is C32H23N3O3. The fourth-order valence-corrected chi connectivity index (χ4v) is 6.07. The second kappa shape index (κ2) is 8.63. The fraction of sp³-hybridized carbons (Fsp3) is 0.125. The number of hydrogen-bond acceptors (Lipinski definition) is 6. The Morgan fingerprint density at radius 2 is 1.42 bits per heavy atom. The van der Waals surface area contributed by atoms with E-state index in [0.717, 1.165) is 16.7 Å². The Bertz CT molecular complexity index is 1600. The quantitative estimate of drug-likeness (QED) is 0.288. The van der Waals surface area contributed by atoms with Crippen LogP contribution in [0.4, 0.5) is 0 Å². The van der Waals surface area contributed by atoms with E-state index in [-0.39, 0.29) is 11.7 Å². The van der Waals surface area contributed by atoms with E-state index < -0.39 is 29.5 Å². The minimum atomic E-state index is -1.42. The van der Waals surface area contributed by atoms with Gasteiger partial charge >= 0.3 is 5.97 Å². The van der Waals surface area contributed by atoms with E-state index in [2.05, 4.69) is 0 Å². The standard InChI is InChI=1S/C32H23N3O3/c36-28(22-14-6-2-7-15-22)27-26(21-12-4-1-5-13-21)32(29-25-19-11-10-18-24(25)20-33-35(27)29)31(37)38-30(34-32)23-16-8-3-9-17-23/h1-20,26-27,29H/t26-,27-,29-,32-/m0/s1. The molecule has 3 heterocycles. The van der Waals surface area contributed by atoms with Crippen LogP contribution in [0.1, 0.15) is 44.6 Å². The molecule has 1 fully saturated rings. The van der Waals surface area contributed by atoms with Gasteiger partial charge < -0.3 is 4.74 Å². The zero-order valence-electron chi connectivity index (χ0n) is 20.3. The van der Waals surface area contributed by atoms with Crippen molar-refractivity contribution in [3.8, 4) is 0 Å². The first-order valence-electron chi connectivity index (χ1n) is 12.6. The van der Waals surface area contributed by atoms with Crippen LogP contribution in [0.3, 0.4) is 0 Å². The third kappa shape index (κ3) is 3.20. The molecule has 0 saturated carbocycles. The van der Waals surface area contributed by atoms with E-state index in [1.807, 2.05) is 103 Å². The second-order valence-electron chi connectivity index (χ2n) is 9.72. The highest BCUT2D eigenvalue weighted by Crippen LogP contribution is 2.58. The van der Waals surface area contributed by atoms with Crippen molar-refractivity contribution in [3.05, 3.63) is 143 Å². The summed E-state index contributed by atoms with van der Waals surface area (Å²) in [6, 6.07) is 34.7. The number of hydrogen-bond donors (Lipinski definition) is 0. The Morgan fingerprint density at radius 3 is 2.16 bits per heavy atom. The summed E-state index contributed by atoms with van der Waals surface area (Å²) in [5.41, 5.74) is 2.46. The summed E-state index contributed by atoms with van der Waals surface area (Å²) in [6.45, 7) is 0. The first kappa shape index (κ1) is 22.4. The van der Waals surface area contributed by atoms with Crippen LogP contribution in [0.2, 0.25) is 0 Å². The third-order valence-electron chi connectivity index (χ3n) is 7.69. The Morgan fingerprint density at radius 1 is 0.789 bits per heavy atom. The molecule has 4 aromatic carbocycles. The Balaban J connectivity index is 1.52. The number of hydrazone groups is 1. The van der Waals surface area contributed by atoms with Gasteiger partial charge in [0, 0.05) is 11.1 Å². The van der Waals surface area contributed by atoms with Crippen molar-refractivity contribution in [3.63, 3.8) is 0 Å². The van der Waals surface area contributed by atoms with E-state index in [9.17, 15) is 9.59 Å². The zero-order chi connectivity index (χ0) is 25.7. The first-order chi connectivity index (χ1) is 18.7. The number of carbonyl (C=O) groups is 2. The average Bonchev–Trinajstić information content (AvgIpc) is 3.49. The summed E-state index contributed by atoms with van der Waals surface area (Å²) < 4.78 is 5.96. The van der Waals surface area contributed by atoms with E-state index in [1.165, 1.54) is 0 Å². The number of carbonyl (C=O) groups excluding carboxylic acids is 2. The predicted molar refractivity (Wildman–Crippen MR) is 144 cm³/mol. The molecule has 0 bridgehead atoms. The highest BCUT2D eigenvalue weighted by atomic mass is 16.6. The lowest BCUT2D eigenvalue weighted by molar-refractivity contribution is -0.140. The minimum Gasteiger partial charge on any atom is -0.405 e. The Kier molecular flexibility index (Phi) is 5.08. The molecule has 6 heteroatoms. The Labute approximate surface area is 219 Å². The highest BCUT2D eigenvalue weighted by Gasteiger charge is 2.70. The molecule has 1 spiro atoms. The maximum absolute atomic E-state index is 14.3. The molecule has 1 saturated heterocycles. The summed E-state index contributed by atoms with van der Waals surface area (Å²) in [7, 11) is 0. The van der Waals surface area contributed by atoms with Gasteiger partial charge in [-0.25, -0.2) is 9.79 Å². The number of esters is 1. The molecular weight excluding hydrogens is 474 g/mol. The first-order valence-corrected chi connectivity index (χ1v) is 12.6. The molecule has 6 nitrogen and oxygen atoms in total. The van der Waals surface area contributed by atoms with Gasteiger partial charge in [0.2, 0.25) is 5.90 Å². The number of Topliss-reactive ketones (excluding diaryl/α,β-unsaturated/α-hetero) is 1. The summed E-state index contributed by atoms with van der Waals surface area (Å²) in [6.07, 6.45) is 1.76. The number of benzene rings is 4. The molecule has 0 amide bonds. The van der Waals surface area contributed by atoms with Crippen LogP contribution in [-0.2, 0) is 9.53 Å². The number of ether oxygens (including phenoxy) is 1. The molecule has 4 atom stereocenters. The van der Waals surface area contributed by atoms with Gasteiger partial charge in [-0.15, -0.1) is 0 Å². The smallest absolute Gasteiger partial charge is 0.344 e. The van der Waals surface area contributed by atoms with Gasteiger partial charge in [0.15, 0.2) is 11.3 Å². The van der Waals surface area contributed by atoms with Gasteiger partial charge in [0.25, 0.3) is 0 Å². The van der Waals surface area contributed by atoms with Crippen molar-refractivity contribution in [1.29, 1.82) is 0 Å². The van der Waals surface area contributed by atoms with Crippen LogP contribution in [0.15, 0.2) is 125 Å². The summed E-state index contributed by atoms with van der Waals surface area (Å²) in [5.74, 6) is -0.973. The van der Waals surface area contributed by atoms with E-state index in [4.69, 9.17) is 14.8 Å². The highest BCUT2D eigenvalue weighted by molar-refractivity contribution is 6.11. The maximum Gasteiger partial charge on any atom is 0.344 e. The van der Waals surface area contributed by atoms with Crippen molar-refractivity contribution in [2.75, 3.05) is 0 Å². The monoisotopic (exact) mass is 497 g/mol. The molecule has 0 aliphatic carbocycles. The van der Waals surface area contributed by atoms with Gasteiger partial charge in [0.1, 0.15) is 12.1 Å². The molecule has 0 radical (unpaired) electrons. The van der Waals surface area contributed by atoms with E-state index in [0.29, 0.717) is 11.1 Å². The van der Waals surface area contributed by atoms with Crippen molar-refractivity contribution >= 4 is 23.9 Å². The van der Waals surface area contributed by atoms with Gasteiger partial charge in [-0.3, -0.25) is 9.80 Å². The number of ketones is 1. The molecule has 0 unspecified atom stereocenters. The second-order valence-corrected chi connectivity index (χ2v) is 9.72. The molecule has 0 N–H and O–H groups in total. The number of fused-ring (bicyclic) bond motifs is 4. The molecule has 3 aliphatic rings. The number of cyclic esters (lactones) is 1. The topological polar surface area (TPSA) is 71.3 Å². The van der Waals surface area contributed by atoms with Crippen molar-refractivity contribution < 1.29 is 14.3 Å². The SMILES string of the molecule is O=C(c1ccccc1)[C@@H]1[C@H](c2ccccc2)[C@]2(N=C(c3ccccc3)OC2=O)[C@@H]2c3ccccc3C=NN12. The van der Waals surface area contributed by atoms with Crippen LogP contribution in [0.5, 0.6) is 0 Å². The molecule has 3 aliphatic heterocycles. The lowest BCUT2D eigenvalue weighted by atomic mass is 9.72. The van der Waals surface area contributed by atoms with Gasteiger partial charge in [-0.05, 0) is 28.8 Å². The summed E-state index contributed by atoms with van der Waals surface area (Å²) in [5, 5.41) is 6.58. The van der Waals surface area contributed by atoms with Crippen LogP contribution in [0.25, 0.3) is 0 Å². The van der Waals surface area contributed by atoms with Crippen LogP contribution in [-0.4, -0.2) is 40.5 Å². The molecule has 0 aromatic heterocycles. The molecule has 184 valence electrons. The lowest BCUT2D eigenvalue weighted by Gasteiger charge is -2.34. The van der Waals surface area contributed by atoms with Crippen molar-refractivity contribution in [2.45, 2.75) is 23.5 Å². The predicted octanol–water partition coefficient (Wildman–Crippen LogP) is 5.17. The third-order valence-corrected chi connectivity index (χ3v) is 7.69. The maximum atomic E-state index is 14.3. The number of rotatable bonds is 4. The van der Waals surface area contributed by atoms with Crippen molar-refractivity contribution in [2.24, 2.45) is 10.1 Å². The lowest BCUT2D eigenvalue weighted by Crippen LogP contribution is -2.44. The largest absolute Gasteiger partial charge is 0.405 e. The van der Waals surface area contributed by atoms with Gasteiger partial charge in [-0.1, -0.05) is 103 Å². The van der Waals surface area contributed by atoms with Crippen molar-refractivity contribution in [1.82, 2.24) is 5.01 Å². The zero-order valence-corrected chi connectivity index (χ0v) is 20.3. The fourth-order valence-electron chi connectivity index (χ4n) is 6.07. The number of aliphatic imine (C=N–C) groups is 1. The van der Waals surface area contributed by atoms with Crippen LogP contribution in [0, 0.1) is 0 Å². The van der Waals surface area contributed by atoms with Gasteiger partial charge in [-0.2, -0.15) is 5.10 Å². The Hall–Kier alpha value is -4.84. The van der Waals surface area contributed by atoms with Crippen LogP contribution >= 0.6 is 0 Å². The molecule has 38 heavy (non-hydrogen) atoms. The van der Waals surface area contributed by atoms with E-state index in [1.54, 1.807) is 23.4 Å². The average molecular weight is 498 g/mol. The molecule has 7 rings (SSSR count).